The van der Waals surface area contributed by atoms with Crippen LogP contribution < -0.4 is 4.72 Å². The fourth-order valence-corrected chi connectivity index (χ4v) is 4.01. The second kappa shape index (κ2) is 7.57. The average molecular weight is 441 g/mol. The molecule has 2 rings (SSSR count). The molecule has 5 nitrogen and oxygen atoms in total. The van der Waals surface area contributed by atoms with Crippen molar-refractivity contribution in [3.63, 3.8) is 0 Å². The predicted molar refractivity (Wildman–Crippen MR) is 96.7 cm³/mol. The quantitative estimate of drug-likeness (QED) is 0.759. The fourth-order valence-electron chi connectivity index (χ4n) is 2.11. The molecular formula is C16H13Cl2F3N2O3S. The number of halogens is 5. The van der Waals surface area contributed by atoms with Gasteiger partial charge < -0.3 is 4.90 Å². The second-order valence-corrected chi connectivity index (χ2v) is 8.11. The molecule has 0 atom stereocenters. The Morgan fingerprint density at radius 3 is 2.26 bits per heavy atom. The van der Waals surface area contributed by atoms with Crippen molar-refractivity contribution in [2.45, 2.75) is 11.1 Å². The lowest BCUT2D eigenvalue weighted by atomic mass is 10.2. The van der Waals surface area contributed by atoms with E-state index in [0.717, 1.165) is 30.3 Å². The molecule has 146 valence electrons. The monoisotopic (exact) mass is 440 g/mol. The van der Waals surface area contributed by atoms with Gasteiger partial charge >= 0.3 is 6.18 Å². The molecule has 0 aliphatic heterocycles. The molecule has 27 heavy (non-hydrogen) atoms. The van der Waals surface area contributed by atoms with Crippen LogP contribution in [-0.4, -0.2) is 33.3 Å². The number of sulfonamides is 1. The lowest BCUT2D eigenvalue weighted by Gasteiger charge is -2.15. The van der Waals surface area contributed by atoms with E-state index in [9.17, 15) is 26.4 Å². The van der Waals surface area contributed by atoms with Gasteiger partial charge in [-0.25, -0.2) is 8.42 Å². The van der Waals surface area contributed by atoms with Crippen molar-refractivity contribution in [3.05, 3.63) is 57.6 Å². The lowest BCUT2D eigenvalue weighted by Crippen LogP contribution is -2.23. The van der Waals surface area contributed by atoms with E-state index in [2.05, 4.69) is 0 Å². The molecule has 0 heterocycles. The maximum atomic E-state index is 12.8. The minimum Gasteiger partial charge on any atom is -0.345 e. The molecule has 2 aromatic carbocycles. The molecule has 11 heteroatoms. The zero-order valence-electron chi connectivity index (χ0n) is 13.9. The van der Waals surface area contributed by atoms with Crippen LogP contribution in [0.4, 0.5) is 18.9 Å². The first-order valence-electron chi connectivity index (χ1n) is 7.23. The molecule has 0 bridgehead atoms. The molecule has 0 unspecified atom stereocenters. The summed E-state index contributed by atoms with van der Waals surface area (Å²) in [5, 5.41) is -0.341. The Bertz CT molecular complexity index is 993. The van der Waals surface area contributed by atoms with Gasteiger partial charge in [-0.1, -0.05) is 29.3 Å². The number of hydrogen-bond donors (Lipinski definition) is 1. The number of nitrogens with one attached hydrogen (secondary N) is 1. The SMILES string of the molecule is CN(C)C(=O)c1cc(S(=O)(=O)Nc2cccc(C(F)(F)F)c2)c(Cl)cc1Cl. The molecule has 1 N–H and O–H groups in total. The van der Waals surface area contributed by atoms with Crippen molar-refractivity contribution in [3.8, 4) is 0 Å². The van der Waals surface area contributed by atoms with Crippen LogP contribution >= 0.6 is 23.2 Å². The third kappa shape index (κ3) is 4.85. The number of amides is 1. The van der Waals surface area contributed by atoms with Gasteiger partial charge in [0, 0.05) is 19.8 Å². The van der Waals surface area contributed by atoms with Gasteiger partial charge in [0.15, 0.2) is 0 Å². The maximum absolute atomic E-state index is 12.8. The summed E-state index contributed by atoms with van der Waals surface area (Å²) in [5.74, 6) is -0.563. The topological polar surface area (TPSA) is 66.5 Å². The third-order valence-corrected chi connectivity index (χ3v) is 5.55. The summed E-state index contributed by atoms with van der Waals surface area (Å²) in [6.45, 7) is 0. The van der Waals surface area contributed by atoms with Gasteiger partial charge in [0.2, 0.25) is 0 Å². The minimum absolute atomic E-state index is 0.0586. The van der Waals surface area contributed by atoms with Crippen molar-refractivity contribution in [1.29, 1.82) is 0 Å². The van der Waals surface area contributed by atoms with E-state index in [0.29, 0.717) is 6.07 Å². The van der Waals surface area contributed by atoms with E-state index in [1.54, 1.807) is 0 Å². The van der Waals surface area contributed by atoms with Crippen LogP contribution in [0, 0.1) is 0 Å². The van der Waals surface area contributed by atoms with Crippen LogP contribution in [0.15, 0.2) is 41.3 Å². The summed E-state index contributed by atoms with van der Waals surface area (Å²) in [6.07, 6.45) is -4.63. The average Bonchev–Trinajstić information content (AvgIpc) is 2.53. The minimum atomic E-state index is -4.63. The molecular weight excluding hydrogens is 428 g/mol. The maximum Gasteiger partial charge on any atom is 0.416 e. The van der Waals surface area contributed by atoms with E-state index < -0.39 is 32.6 Å². The van der Waals surface area contributed by atoms with Gasteiger partial charge in [-0.05, 0) is 30.3 Å². The van der Waals surface area contributed by atoms with Crippen LogP contribution in [0.2, 0.25) is 10.0 Å². The van der Waals surface area contributed by atoms with Gasteiger partial charge in [-0.2, -0.15) is 13.2 Å². The van der Waals surface area contributed by atoms with Crippen LogP contribution in [0.1, 0.15) is 15.9 Å². The van der Waals surface area contributed by atoms with Crippen LogP contribution in [0.5, 0.6) is 0 Å². The van der Waals surface area contributed by atoms with Gasteiger partial charge in [0.1, 0.15) is 4.90 Å². The van der Waals surface area contributed by atoms with Crippen molar-refractivity contribution < 1.29 is 26.4 Å². The second-order valence-electron chi connectivity index (χ2n) is 5.65. The molecule has 0 aliphatic carbocycles. The molecule has 0 fully saturated rings. The third-order valence-electron chi connectivity index (χ3n) is 3.39. The number of rotatable bonds is 4. The molecule has 0 spiro atoms. The first-order chi connectivity index (χ1) is 12.3. The zero-order chi connectivity index (χ0) is 20.6. The summed E-state index contributed by atoms with van der Waals surface area (Å²) in [4.78, 5) is 12.8. The molecule has 0 radical (unpaired) electrons. The molecule has 0 aromatic heterocycles. The van der Waals surface area contributed by atoms with Gasteiger partial charge in [0.05, 0.1) is 21.2 Å². The predicted octanol–water partition coefficient (Wildman–Crippen LogP) is 4.51. The Balaban J connectivity index is 2.48. The van der Waals surface area contributed by atoms with Gasteiger partial charge in [-0.3, -0.25) is 9.52 Å². The van der Waals surface area contributed by atoms with Gasteiger partial charge in [0.25, 0.3) is 15.9 Å². The smallest absolute Gasteiger partial charge is 0.345 e. The van der Waals surface area contributed by atoms with Crippen molar-refractivity contribution in [1.82, 2.24) is 4.90 Å². The first kappa shape index (κ1) is 21.3. The first-order valence-corrected chi connectivity index (χ1v) is 9.47. The summed E-state index contributed by atoms with van der Waals surface area (Å²) in [5.41, 5.74) is -1.44. The number of carbonyl (C=O) groups excluding carboxylic acids is 1. The van der Waals surface area contributed by atoms with E-state index in [1.807, 2.05) is 4.72 Å². The Morgan fingerprint density at radius 2 is 1.70 bits per heavy atom. The Morgan fingerprint density at radius 1 is 1.07 bits per heavy atom. The summed E-state index contributed by atoms with van der Waals surface area (Å²) in [6, 6.07) is 5.73. The number of benzene rings is 2. The van der Waals surface area contributed by atoms with Crippen molar-refractivity contribution >= 4 is 44.8 Å². The fraction of sp³-hybridized carbons (Fsp3) is 0.188. The molecule has 0 aliphatic rings. The lowest BCUT2D eigenvalue weighted by molar-refractivity contribution is -0.137. The van der Waals surface area contributed by atoms with Crippen LogP contribution in [-0.2, 0) is 16.2 Å². The highest BCUT2D eigenvalue weighted by molar-refractivity contribution is 7.92. The Kier molecular flexibility index (Phi) is 5.98. The van der Waals surface area contributed by atoms with Crippen molar-refractivity contribution in [2.75, 3.05) is 18.8 Å². The van der Waals surface area contributed by atoms with Crippen LogP contribution in [0.3, 0.4) is 0 Å². The highest BCUT2D eigenvalue weighted by Crippen LogP contribution is 2.33. The zero-order valence-corrected chi connectivity index (χ0v) is 16.3. The van der Waals surface area contributed by atoms with E-state index in [4.69, 9.17) is 23.2 Å². The highest BCUT2D eigenvalue weighted by Gasteiger charge is 2.31. The number of anilines is 1. The standard InChI is InChI=1S/C16H13Cl2F3N2O3S/c1-23(2)15(24)11-7-14(13(18)8-12(11)17)27(25,26)22-10-5-3-4-9(6-10)16(19,20)21/h3-8,22H,1-2H3. The number of alkyl halides is 3. The van der Waals surface area contributed by atoms with E-state index in [1.165, 1.54) is 19.0 Å². The number of carbonyl (C=O) groups is 1. The molecule has 2 aromatic rings. The molecule has 1 amide bonds. The Labute approximate surface area is 163 Å². The molecule has 0 saturated heterocycles. The summed E-state index contributed by atoms with van der Waals surface area (Å²) in [7, 11) is -1.49. The van der Waals surface area contributed by atoms with Gasteiger partial charge in [-0.15, -0.1) is 0 Å². The van der Waals surface area contributed by atoms with Crippen LogP contribution in [0.25, 0.3) is 0 Å². The molecule has 0 saturated carbocycles. The normalized spacial score (nSPS) is 12.0. The highest BCUT2D eigenvalue weighted by atomic mass is 35.5. The Hall–Kier alpha value is -1.97. The van der Waals surface area contributed by atoms with E-state index >= 15 is 0 Å². The largest absolute Gasteiger partial charge is 0.416 e. The van der Waals surface area contributed by atoms with Crippen molar-refractivity contribution in [2.24, 2.45) is 0 Å². The van der Waals surface area contributed by atoms with E-state index in [-0.39, 0.29) is 21.3 Å². The summed E-state index contributed by atoms with van der Waals surface area (Å²) < 4.78 is 65.6. The number of hydrogen-bond acceptors (Lipinski definition) is 3. The summed E-state index contributed by atoms with van der Waals surface area (Å²) >= 11 is 11.9. The number of nitrogens with zero attached hydrogens (tertiary/aromatic N) is 1.